The highest BCUT2D eigenvalue weighted by Crippen LogP contribution is 2.16. The molecular formula is C17H20N2O2S2. The number of carbonyl (C=O) groups excluding carboxylic acids is 2. The van der Waals surface area contributed by atoms with Crippen molar-refractivity contribution < 1.29 is 9.59 Å². The lowest BCUT2D eigenvalue weighted by atomic mass is 10.2. The average Bonchev–Trinajstić information content (AvgIpc) is 3.08. The van der Waals surface area contributed by atoms with Crippen molar-refractivity contribution in [1.82, 2.24) is 5.32 Å². The number of anilines is 1. The van der Waals surface area contributed by atoms with Crippen LogP contribution in [0.5, 0.6) is 0 Å². The van der Waals surface area contributed by atoms with Gasteiger partial charge in [-0.3, -0.25) is 9.59 Å². The monoisotopic (exact) mass is 348 g/mol. The molecule has 2 N–H and O–H groups in total. The summed E-state index contributed by atoms with van der Waals surface area (Å²) < 4.78 is 0. The second kappa shape index (κ2) is 9.37. The minimum absolute atomic E-state index is 0.0625. The molecule has 0 unspecified atom stereocenters. The maximum Gasteiger partial charge on any atom is 0.251 e. The third-order valence-corrected chi connectivity index (χ3v) is 5.15. The van der Waals surface area contributed by atoms with Crippen molar-refractivity contribution >= 4 is 40.6 Å². The molecule has 6 heteroatoms. The minimum Gasteiger partial charge on any atom is -0.351 e. The molecule has 122 valence electrons. The Kier molecular flexibility index (Phi) is 7.16. The summed E-state index contributed by atoms with van der Waals surface area (Å²) in [7, 11) is 0. The zero-order valence-corrected chi connectivity index (χ0v) is 14.6. The number of benzene rings is 1. The standard InChI is InChI=1S/C17H20N2O2S2/c1-2-16(20)19-14-6-3-5-13(11-14)17(21)18-8-10-22-12-15-7-4-9-23-15/h3-7,9,11H,2,8,10,12H2,1H3,(H,18,21)(H,19,20). The largest absolute Gasteiger partial charge is 0.351 e. The zero-order valence-electron chi connectivity index (χ0n) is 13.0. The molecule has 1 aromatic heterocycles. The van der Waals surface area contributed by atoms with E-state index in [1.54, 1.807) is 54.3 Å². The Morgan fingerprint density at radius 1 is 1.22 bits per heavy atom. The molecule has 0 aliphatic rings. The minimum atomic E-state index is -0.116. The summed E-state index contributed by atoms with van der Waals surface area (Å²) in [6.07, 6.45) is 0.415. The molecule has 0 fully saturated rings. The first kappa shape index (κ1) is 17.6. The van der Waals surface area contributed by atoms with Gasteiger partial charge in [-0.25, -0.2) is 0 Å². The van der Waals surface area contributed by atoms with Gasteiger partial charge >= 0.3 is 0 Å². The first-order valence-corrected chi connectivity index (χ1v) is 9.50. The van der Waals surface area contributed by atoms with Crippen LogP contribution in [0.25, 0.3) is 0 Å². The Morgan fingerprint density at radius 2 is 2.09 bits per heavy atom. The number of hydrogen-bond acceptors (Lipinski definition) is 4. The van der Waals surface area contributed by atoms with E-state index < -0.39 is 0 Å². The van der Waals surface area contributed by atoms with E-state index in [0.717, 1.165) is 11.5 Å². The van der Waals surface area contributed by atoms with Crippen LogP contribution in [0, 0.1) is 0 Å². The van der Waals surface area contributed by atoms with E-state index in [1.165, 1.54) is 4.88 Å². The molecule has 2 amide bonds. The van der Waals surface area contributed by atoms with Crippen molar-refractivity contribution in [2.45, 2.75) is 19.1 Å². The van der Waals surface area contributed by atoms with Crippen molar-refractivity contribution in [2.75, 3.05) is 17.6 Å². The smallest absolute Gasteiger partial charge is 0.251 e. The van der Waals surface area contributed by atoms with Gasteiger partial charge in [0.15, 0.2) is 0 Å². The van der Waals surface area contributed by atoms with Gasteiger partial charge in [-0.1, -0.05) is 19.1 Å². The predicted octanol–water partition coefficient (Wildman–Crippen LogP) is 3.76. The van der Waals surface area contributed by atoms with Gasteiger partial charge in [-0.2, -0.15) is 11.8 Å². The molecule has 0 atom stereocenters. The molecule has 0 bridgehead atoms. The molecule has 4 nitrogen and oxygen atoms in total. The van der Waals surface area contributed by atoms with Crippen LogP contribution in [-0.4, -0.2) is 24.1 Å². The Balaban J connectivity index is 1.74. The van der Waals surface area contributed by atoms with Crippen molar-refractivity contribution in [1.29, 1.82) is 0 Å². The summed E-state index contributed by atoms with van der Waals surface area (Å²) in [5.74, 6) is 1.67. The van der Waals surface area contributed by atoms with E-state index in [-0.39, 0.29) is 11.8 Å². The number of rotatable bonds is 8. The SMILES string of the molecule is CCC(=O)Nc1cccc(C(=O)NCCSCc2cccs2)c1. The quantitative estimate of drug-likeness (QED) is 0.714. The molecule has 2 rings (SSSR count). The summed E-state index contributed by atoms with van der Waals surface area (Å²) in [6, 6.07) is 11.2. The number of nitrogens with one attached hydrogen (secondary N) is 2. The normalized spacial score (nSPS) is 10.3. The second-order valence-electron chi connectivity index (χ2n) is 4.87. The van der Waals surface area contributed by atoms with Crippen LogP contribution in [0.15, 0.2) is 41.8 Å². The predicted molar refractivity (Wildman–Crippen MR) is 98.2 cm³/mol. The van der Waals surface area contributed by atoms with Crippen molar-refractivity contribution in [3.63, 3.8) is 0 Å². The van der Waals surface area contributed by atoms with Gasteiger partial charge in [0.1, 0.15) is 0 Å². The lowest BCUT2D eigenvalue weighted by molar-refractivity contribution is -0.115. The van der Waals surface area contributed by atoms with Crippen molar-refractivity contribution in [2.24, 2.45) is 0 Å². The van der Waals surface area contributed by atoms with Crippen LogP contribution in [0.4, 0.5) is 5.69 Å². The summed E-state index contributed by atoms with van der Waals surface area (Å²) in [6.45, 7) is 2.42. The molecule has 0 saturated heterocycles. The molecule has 0 radical (unpaired) electrons. The van der Waals surface area contributed by atoms with E-state index in [0.29, 0.717) is 24.2 Å². The van der Waals surface area contributed by atoms with E-state index in [2.05, 4.69) is 22.1 Å². The maximum atomic E-state index is 12.1. The summed E-state index contributed by atoms with van der Waals surface area (Å²) in [4.78, 5) is 24.9. The third-order valence-electron chi connectivity index (χ3n) is 3.09. The highest BCUT2D eigenvalue weighted by atomic mass is 32.2. The number of hydrogen-bond donors (Lipinski definition) is 2. The molecule has 2 aromatic rings. The lowest BCUT2D eigenvalue weighted by Crippen LogP contribution is -2.25. The summed E-state index contributed by atoms with van der Waals surface area (Å²) >= 11 is 3.55. The van der Waals surface area contributed by atoms with Crippen LogP contribution in [0.1, 0.15) is 28.6 Å². The number of thiophene rings is 1. The molecule has 1 heterocycles. The molecule has 23 heavy (non-hydrogen) atoms. The van der Waals surface area contributed by atoms with Crippen LogP contribution in [-0.2, 0) is 10.5 Å². The van der Waals surface area contributed by atoms with Gasteiger partial charge in [-0.15, -0.1) is 11.3 Å². The van der Waals surface area contributed by atoms with Crippen LogP contribution in [0.2, 0.25) is 0 Å². The van der Waals surface area contributed by atoms with Crippen LogP contribution in [0.3, 0.4) is 0 Å². The molecule has 0 spiro atoms. The fourth-order valence-electron chi connectivity index (χ4n) is 1.89. The van der Waals surface area contributed by atoms with E-state index >= 15 is 0 Å². The van der Waals surface area contributed by atoms with Crippen LogP contribution < -0.4 is 10.6 Å². The molecular weight excluding hydrogens is 328 g/mol. The van der Waals surface area contributed by atoms with Crippen molar-refractivity contribution in [3.8, 4) is 0 Å². The number of thioether (sulfide) groups is 1. The highest BCUT2D eigenvalue weighted by molar-refractivity contribution is 7.98. The van der Waals surface area contributed by atoms with Gasteiger partial charge in [0, 0.05) is 40.6 Å². The molecule has 0 saturated carbocycles. The molecule has 0 aliphatic heterocycles. The van der Waals surface area contributed by atoms with Gasteiger partial charge in [-0.05, 0) is 29.6 Å². The first-order chi connectivity index (χ1) is 11.2. The van der Waals surface area contributed by atoms with Crippen molar-refractivity contribution in [3.05, 3.63) is 52.2 Å². The summed E-state index contributed by atoms with van der Waals surface area (Å²) in [5, 5.41) is 7.73. The Morgan fingerprint density at radius 3 is 2.83 bits per heavy atom. The van der Waals surface area contributed by atoms with Gasteiger partial charge < -0.3 is 10.6 Å². The van der Waals surface area contributed by atoms with Gasteiger partial charge in [0.05, 0.1) is 0 Å². The zero-order chi connectivity index (χ0) is 16.5. The molecule has 1 aromatic carbocycles. The van der Waals surface area contributed by atoms with Gasteiger partial charge in [0.25, 0.3) is 5.91 Å². The molecule has 0 aliphatic carbocycles. The topological polar surface area (TPSA) is 58.2 Å². The fraction of sp³-hybridized carbons (Fsp3) is 0.294. The third kappa shape index (κ3) is 6.08. The van der Waals surface area contributed by atoms with E-state index in [4.69, 9.17) is 0 Å². The van der Waals surface area contributed by atoms with Crippen LogP contribution >= 0.6 is 23.1 Å². The Labute approximate surface area is 144 Å². The van der Waals surface area contributed by atoms with Gasteiger partial charge in [0.2, 0.25) is 5.91 Å². The Bertz CT molecular complexity index is 642. The maximum absolute atomic E-state index is 12.1. The summed E-state index contributed by atoms with van der Waals surface area (Å²) in [5.41, 5.74) is 1.21. The van der Waals surface area contributed by atoms with E-state index in [9.17, 15) is 9.59 Å². The lowest BCUT2D eigenvalue weighted by Gasteiger charge is -2.08. The number of amides is 2. The highest BCUT2D eigenvalue weighted by Gasteiger charge is 2.07. The second-order valence-corrected chi connectivity index (χ2v) is 7.01. The fourth-order valence-corrected chi connectivity index (χ4v) is 3.59. The average molecular weight is 348 g/mol. The Hall–Kier alpha value is -1.79. The number of carbonyl (C=O) groups is 2. The first-order valence-electron chi connectivity index (χ1n) is 7.47. The van der Waals surface area contributed by atoms with E-state index in [1.807, 2.05) is 6.07 Å².